The van der Waals surface area contributed by atoms with Gasteiger partial charge in [0.05, 0.1) is 6.54 Å². The molecule has 2 aliphatic rings. The Balaban J connectivity index is 1.44. The molecule has 1 N–H and O–H groups in total. The van der Waals surface area contributed by atoms with Crippen LogP contribution in [0.3, 0.4) is 0 Å². The van der Waals surface area contributed by atoms with Gasteiger partial charge in [0.15, 0.2) is 0 Å². The van der Waals surface area contributed by atoms with Crippen LogP contribution >= 0.6 is 0 Å². The van der Waals surface area contributed by atoms with E-state index in [4.69, 9.17) is 0 Å². The number of piperazine rings is 1. The Kier molecular flexibility index (Phi) is 6.37. The van der Waals surface area contributed by atoms with Crippen LogP contribution in [0.5, 0.6) is 0 Å². The molecule has 2 saturated heterocycles. The molecule has 3 amide bonds. The van der Waals surface area contributed by atoms with Crippen molar-refractivity contribution in [1.82, 2.24) is 14.7 Å². The van der Waals surface area contributed by atoms with Gasteiger partial charge in [0.25, 0.3) is 0 Å². The maximum Gasteiger partial charge on any atom is 0.321 e. The fraction of sp³-hybridized carbons (Fsp3) is 0.619. The van der Waals surface area contributed by atoms with Crippen LogP contribution in [0.1, 0.15) is 25.8 Å². The normalized spacial score (nSPS) is 24.0. The maximum absolute atomic E-state index is 12.6. The summed E-state index contributed by atoms with van der Waals surface area (Å²) >= 11 is 0. The summed E-state index contributed by atoms with van der Waals surface area (Å²) in [4.78, 5) is 31.1. The number of carbonyl (C=O) groups is 2. The van der Waals surface area contributed by atoms with Crippen molar-refractivity contribution in [2.75, 3.05) is 51.1 Å². The van der Waals surface area contributed by atoms with E-state index in [1.54, 1.807) is 0 Å². The third kappa shape index (κ3) is 5.45. The van der Waals surface area contributed by atoms with Crippen LogP contribution < -0.4 is 5.32 Å². The Hall–Kier alpha value is -2.08. The first-order valence-corrected chi connectivity index (χ1v) is 10.0. The Morgan fingerprint density at radius 1 is 1.04 bits per heavy atom. The molecule has 6 nitrogen and oxygen atoms in total. The van der Waals surface area contributed by atoms with Crippen LogP contribution in [0.2, 0.25) is 0 Å². The van der Waals surface area contributed by atoms with Crippen LogP contribution in [0.25, 0.3) is 0 Å². The molecule has 6 heteroatoms. The number of nitrogens with zero attached hydrogens (tertiary/aromatic N) is 3. The number of urea groups is 1. The molecule has 2 atom stereocenters. The molecular weight excluding hydrogens is 340 g/mol. The topological polar surface area (TPSA) is 55.9 Å². The fourth-order valence-electron chi connectivity index (χ4n) is 4.19. The second-order valence-corrected chi connectivity index (χ2v) is 8.31. The zero-order valence-electron chi connectivity index (χ0n) is 16.8. The van der Waals surface area contributed by atoms with Gasteiger partial charge < -0.3 is 15.1 Å². The molecule has 0 unspecified atom stereocenters. The van der Waals surface area contributed by atoms with E-state index in [2.05, 4.69) is 24.1 Å². The lowest BCUT2D eigenvalue weighted by Crippen LogP contribution is -2.53. The molecule has 0 aromatic heterocycles. The number of amides is 3. The minimum Gasteiger partial charge on any atom is -0.341 e. The van der Waals surface area contributed by atoms with Crippen molar-refractivity contribution in [3.05, 3.63) is 29.8 Å². The van der Waals surface area contributed by atoms with Crippen molar-refractivity contribution in [2.45, 2.75) is 27.2 Å². The smallest absolute Gasteiger partial charge is 0.321 e. The first-order valence-electron chi connectivity index (χ1n) is 10.0. The quantitative estimate of drug-likeness (QED) is 0.887. The zero-order chi connectivity index (χ0) is 19.4. The van der Waals surface area contributed by atoms with E-state index >= 15 is 0 Å². The van der Waals surface area contributed by atoms with Gasteiger partial charge in [-0.3, -0.25) is 9.69 Å². The van der Waals surface area contributed by atoms with Crippen molar-refractivity contribution in [2.24, 2.45) is 11.8 Å². The number of likely N-dealkylation sites (tertiary alicyclic amines) is 1. The van der Waals surface area contributed by atoms with E-state index in [1.807, 2.05) is 41.0 Å². The van der Waals surface area contributed by atoms with Crippen molar-refractivity contribution >= 4 is 17.6 Å². The number of carbonyl (C=O) groups excluding carboxylic acids is 2. The Morgan fingerprint density at radius 3 is 2.33 bits per heavy atom. The molecule has 1 aromatic carbocycles. The largest absolute Gasteiger partial charge is 0.341 e. The molecule has 0 spiro atoms. The summed E-state index contributed by atoms with van der Waals surface area (Å²) < 4.78 is 0. The molecule has 27 heavy (non-hydrogen) atoms. The number of rotatable bonds is 3. The second-order valence-electron chi connectivity index (χ2n) is 8.31. The Morgan fingerprint density at radius 2 is 1.70 bits per heavy atom. The van der Waals surface area contributed by atoms with Gasteiger partial charge in [-0.2, -0.15) is 0 Å². The average molecular weight is 373 g/mol. The average Bonchev–Trinajstić information content (AvgIpc) is 2.61. The van der Waals surface area contributed by atoms with Crippen LogP contribution in [-0.4, -0.2) is 72.5 Å². The number of nitrogens with one attached hydrogen (secondary N) is 1. The lowest BCUT2D eigenvalue weighted by molar-refractivity contribution is -0.135. The molecule has 148 valence electrons. The van der Waals surface area contributed by atoms with Crippen molar-refractivity contribution in [3.8, 4) is 0 Å². The minimum absolute atomic E-state index is 0.0646. The predicted molar refractivity (Wildman–Crippen MR) is 108 cm³/mol. The van der Waals surface area contributed by atoms with Gasteiger partial charge in [-0.05, 0) is 42.9 Å². The van der Waals surface area contributed by atoms with E-state index in [-0.39, 0.29) is 11.9 Å². The number of anilines is 1. The van der Waals surface area contributed by atoms with Gasteiger partial charge in [-0.1, -0.05) is 26.0 Å². The molecule has 1 aromatic rings. The summed E-state index contributed by atoms with van der Waals surface area (Å²) in [5.74, 6) is 1.39. The molecule has 0 saturated carbocycles. The third-order valence-electron chi connectivity index (χ3n) is 5.51. The van der Waals surface area contributed by atoms with E-state index in [0.29, 0.717) is 31.5 Å². The predicted octanol–water partition coefficient (Wildman–Crippen LogP) is 2.65. The van der Waals surface area contributed by atoms with Gasteiger partial charge in [0, 0.05) is 45.0 Å². The highest BCUT2D eigenvalue weighted by Crippen LogP contribution is 2.21. The number of hydrogen-bond acceptors (Lipinski definition) is 3. The third-order valence-corrected chi connectivity index (χ3v) is 5.51. The first-order chi connectivity index (χ1) is 12.9. The molecule has 0 aliphatic carbocycles. The standard InChI is InChI=1S/C21H32N4O2/c1-16-5-4-6-19(12-16)22-21(27)24-9-7-23(8-10-24)15-20(26)25-13-17(2)11-18(3)14-25/h4-6,12,17-18H,7-11,13-15H2,1-3H3,(H,22,27)/t17-,18+. The summed E-state index contributed by atoms with van der Waals surface area (Å²) in [7, 11) is 0. The Labute approximate surface area is 162 Å². The fourth-order valence-corrected chi connectivity index (χ4v) is 4.19. The number of hydrogen-bond donors (Lipinski definition) is 1. The van der Waals surface area contributed by atoms with Gasteiger partial charge in [-0.15, -0.1) is 0 Å². The number of piperidine rings is 1. The summed E-state index contributed by atoms with van der Waals surface area (Å²) in [6.07, 6.45) is 1.21. The minimum atomic E-state index is -0.0646. The highest BCUT2D eigenvalue weighted by Gasteiger charge is 2.28. The van der Waals surface area contributed by atoms with Crippen LogP contribution in [0, 0.1) is 18.8 Å². The zero-order valence-corrected chi connectivity index (χ0v) is 16.8. The van der Waals surface area contributed by atoms with Gasteiger partial charge in [-0.25, -0.2) is 4.79 Å². The van der Waals surface area contributed by atoms with Gasteiger partial charge in [0.1, 0.15) is 0 Å². The summed E-state index contributed by atoms with van der Waals surface area (Å²) in [5, 5.41) is 2.96. The number of benzene rings is 1. The molecular formula is C21H32N4O2. The van der Waals surface area contributed by atoms with Crippen molar-refractivity contribution in [3.63, 3.8) is 0 Å². The van der Waals surface area contributed by atoms with E-state index in [9.17, 15) is 9.59 Å². The maximum atomic E-state index is 12.6. The molecule has 2 fully saturated rings. The molecule has 2 heterocycles. The van der Waals surface area contributed by atoms with Crippen molar-refractivity contribution in [1.29, 1.82) is 0 Å². The summed E-state index contributed by atoms with van der Waals surface area (Å²) in [5.41, 5.74) is 1.95. The Bertz CT molecular complexity index is 660. The highest BCUT2D eigenvalue weighted by atomic mass is 16.2. The van der Waals surface area contributed by atoms with Crippen LogP contribution in [-0.2, 0) is 4.79 Å². The van der Waals surface area contributed by atoms with Gasteiger partial charge in [0.2, 0.25) is 5.91 Å². The van der Waals surface area contributed by atoms with Gasteiger partial charge >= 0.3 is 6.03 Å². The second kappa shape index (κ2) is 8.74. The number of aryl methyl sites for hydroxylation is 1. The first kappa shape index (κ1) is 19.7. The SMILES string of the molecule is Cc1cccc(NC(=O)N2CCN(CC(=O)N3C[C@H](C)C[C@H](C)C3)CC2)c1. The highest BCUT2D eigenvalue weighted by molar-refractivity contribution is 5.89. The van der Waals surface area contributed by atoms with Crippen LogP contribution in [0.4, 0.5) is 10.5 Å². The summed E-state index contributed by atoms with van der Waals surface area (Å²) in [6.45, 7) is 11.5. The van der Waals surface area contributed by atoms with Crippen LogP contribution in [0.15, 0.2) is 24.3 Å². The van der Waals surface area contributed by atoms with E-state index in [0.717, 1.165) is 37.4 Å². The van der Waals surface area contributed by atoms with E-state index in [1.165, 1.54) is 6.42 Å². The molecule has 3 rings (SSSR count). The lowest BCUT2D eigenvalue weighted by Gasteiger charge is -2.38. The lowest BCUT2D eigenvalue weighted by atomic mass is 9.92. The molecule has 0 radical (unpaired) electrons. The summed E-state index contributed by atoms with van der Waals surface area (Å²) in [6, 6.07) is 7.75. The van der Waals surface area contributed by atoms with E-state index < -0.39 is 0 Å². The molecule has 0 bridgehead atoms. The molecule has 2 aliphatic heterocycles. The monoisotopic (exact) mass is 372 g/mol. The van der Waals surface area contributed by atoms with Crippen molar-refractivity contribution < 1.29 is 9.59 Å².